The number of halogens is 1. The van der Waals surface area contributed by atoms with Crippen molar-refractivity contribution in [1.29, 1.82) is 0 Å². The highest BCUT2D eigenvalue weighted by molar-refractivity contribution is 7.19. The van der Waals surface area contributed by atoms with Crippen molar-refractivity contribution in [3.8, 4) is 0 Å². The van der Waals surface area contributed by atoms with Crippen LogP contribution in [0.4, 0.5) is 15.8 Å². The molecule has 7 nitrogen and oxygen atoms in total. The predicted octanol–water partition coefficient (Wildman–Crippen LogP) is 5.05. The van der Waals surface area contributed by atoms with Crippen molar-refractivity contribution < 1.29 is 14.0 Å². The van der Waals surface area contributed by atoms with E-state index in [9.17, 15) is 18.8 Å². The van der Waals surface area contributed by atoms with Gasteiger partial charge < -0.3 is 10.6 Å². The lowest BCUT2D eigenvalue weighted by Crippen LogP contribution is -2.25. The van der Waals surface area contributed by atoms with Crippen LogP contribution in [0, 0.1) is 12.7 Å². The zero-order valence-electron chi connectivity index (χ0n) is 18.7. The number of nitrogens with one attached hydrogen (secondary N) is 2. The Morgan fingerprint density at radius 1 is 1.00 bits per heavy atom. The zero-order valence-corrected chi connectivity index (χ0v) is 19.5. The number of unbranched alkanes of at least 4 members (excludes halogenated alkanes) is 1. The van der Waals surface area contributed by atoms with Crippen LogP contribution in [0.2, 0.25) is 0 Å². The van der Waals surface area contributed by atoms with Crippen LogP contribution in [0.5, 0.6) is 0 Å². The number of benzene rings is 2. The number of aromatic nitrogens is 2. The average Bonchev–Trinajstić information content (AvgIpc) is 3.20. The minimum atomic E-state index is -0.607. The third-order valence-corrected chi connectivity index (χ3v) is 6.24. The number of carbonyl (C=O) groups excluding carboxylic acids is 2. The fraction of sp³-hybridized carbons (Fsp3) is 0.200. The highest BCUT2D eigenvalue weighted by atomic mass is 32.1. The standard InChI is InChI=1S/C25H23FN4O3S/c1-3-4-5-16-6-10-18(11-7-16)28-23(32)21-22(24(33)29-19-12-8-17(26)9-13-19)34-25-27-15(2)14-20(31)30(21)25/h6-14H,3-5H2,1-2H3,(H,28,32)(H,29,33). The Morgan fingerprint density at radius 2 is 1.62 bits per heavy atom. The number of fused-ring (bicyclic) bond motifs is 1. The predicted molar refractivity (Wildman–Crippen MR) is 131 cm³/mol. The number of carbonyl (C=O) groups is 2. The Kier molecular flexibility index (Phi) is 6.83. The van der Waals surface area contributed by atoms with Gasteiger partial charge in [0.2, 0.25) is 0 Å². The van der Waals surface area contributed by atoms with Crippen molar-refractivity contribution in [1.82, 2.24) is 9.38 Å². The number of thiazole rings is 1. The maximum Gasteiger partial charge on any atom is 0.274 e. The lowest BCUT2D eigenvalue weighted by atomic mass is 10.1. The molecule has 4 aromatic rings. The van der Waals surface area contributed by atoms with Gasteiger partial charge in [0.05, 0.1) is 0 Å². The van der Waals surface area contributed by atoms with Crippen molar-refractivity contribution in [2.75, 3.05) is 10.6 Å². The second-order valence-electron chi connectivity index (χ2n) is 7.85. The Hall–Kier alpha value is -3.85. The van der Waals surface area contributed by atoms with Crippen LogP contribution in [-0.4, -0.2) is 21.2 Å². The third kappa shape index (κ3) is 5.04. The first-order valence-corrected chi connectivity index (χ1v) is 11.7. The Labute approximate surface area is 199 Å². The van der Waals surface area contributed by atoms with Gasteiger partial charge in [-0.1, -0.05) is 36.8 Å². The molecule has 2 aromatic carbocycles. The van der Waals surface area contributed by atoms with Gasteiger partial charge in [0, 0.05) is 23.1 Å². The van der Waals surface area contributed by atoms with Crippen molar-refractivity contribution in [3.05, 3.63) is 92.6 Å². The number of nitrogens with zero attached hydrogens (tertiary/aromatic N) is 2. The van der Waals surface area contributed by atoms with Crippen molar-refractivity contribution in [2.45, 2.75) is 33.1 Å². The molecular formula is C25H23FN4O3S. The number of anilines is 2. The molecule has 0 fully saturated rings. The zero-order chi connectivity index (χ0) is 24.2. The molecule has 0 saturated heterocycles. The SMILES string of the molecule is CCCCc1ccc(NC(=O)c2c(C(=O)Nc3ccc(F)cc3)sc3nc(C)cc(=O)n23)cc1. The van der Waals surface area contributed by atoms with Gasteiger partial charge in [0.25, 0.3) is 17.4 Å². The van der Waals surface area contributed by atoms with E-state index in [0.29, 0.717) is 17.1 Å². The molecule has 2 N–H and O–H groups in total. The molecule has 2 aromatic heterocycles. The molecule has 2 amide bonds. The average molecular weight is 479 g/mol. The second kappa shape index (κ2) is 9.96. The lowest BCUT2D eigenvalue weighted by molar-refractivity contribution is 0.0989. The number of hydrogen-bond donors (Lipinski definition) is 2. The van der Waals surface area contributed by atoms with E-state index in [1.54, 1.807) is 19.1 Å². The van der Waals surface area contributed by atoms with Gasteiger partial charge in [-0.15, -0.1) is 0 Å². The number of hydrogen-bond acceptors (Lipinski definition) is 5. The molecule has 4 rings (SSSR count). The van der Waals surface area contributed by atoms with E-state index in [0.717, 1.165) is 40.6 Å². The topological polar surface area (TPSA) is 92.6 Å². The molecule has 0 bridgehead atoms. The summed E-state index contributed by atoms with van der Waals surface area (Å²) in [6, 6.07) is 14.0. The largest absolute Gasteiger partial charge is 0.321 e. The summed E-state index contributed by atoms with van der Waals surface area (Å²) in [6.45, 7) is 3.79. The maximum atomic E-state index is 13.3. The molecule has 9 heteroatoms. The molecule has 0 aliphatic heterocycles. The fourth-order valence-electron chi connectivity index (χ4n) is 3.49. The molecule has 174 valence electrons. The summed E-state index contributed by atoms with van der Waals surface area (Å²) in [5.74, 6) is -1.64. The molecule has 0 atom stereocenters. The highest BCUT2D eigenvalue weighted by Crippen LogP contribution is 2.24. The van der Waals surface area contributed by atoms with Crippen LogP contribution in [0.15, 0.2) is 59.4 Å². The summed E-state index contributed by atoms with van der Waals surface area (Å²) >= 11 is 0.938. The van der Waals surface area contributed by atoms with Gasteiger partial charge in [-0.25, -0.2) is 13.8 Å². The maximum absolute atomic E-state index is 13.3. The number of aryl methyl sites for hydroxylation is 2. The Balaban J connectivity index is 1.69. The summed E-state index contributed by atoms with van der Waals surface area (Å²) < 4.78 is 14.4. The third-order valence-electron chi connectivity index (χ3n) is 5.20. The van der Waals surface area contributed by atoms with Gasteiger partial charge >= 0.3 is 0 Å². The Morgan fingerprint density at radius 3 is 2.26 bits per heavy atom. The second-order valence-corrected chi connectivity index (χ2v) is 8.83. The summed E-state index contributed by atoms with van der Waals surface area (Å²) in [6.07, 6.45) is 3.12. The molecule has 0 aliphatic rings. The number of rotatable bonds is 7. The van der Waals surface area contributed by atoms with Gasteiger partial charge in [-0.3, -0.25) is 14.4 Å². The van der Waals surface area contributed by atoms with Gasteiger partial charge in [-0.2, -0.15) is 0 Å². The smallest absolute Gasteiger partial charge is 0.274 e. The van der Waals surface area contributed by atoms with Crippen LogP contribution >= 0.6 is 11.3 Å². The summed E-state index contributed by atoms with van der Waals surface area (Å²) in [5, 5.41) is 5.43. The minimum absolute atomic E-state index is 0.0246. The van der Waals surface area contributed by atoms with E-state index in [2.05, 4.69) is 22.5 Å². The first-order valence-electron chi connectivity index (χ1n) is 10.9. The van der Waals surface area contributed by atoms with Crippen LogP contribution < -0.4 is 16.2 Å². The molecule has 34 heavy (non-hydrogen) atoms. The van der Waals surface area contributed by atoms with Crippen molar-refractivity contribution in [3.63, 3.8) is 0 Å². The van der Waals surface area contributed by atoms with Gasteiger partial charge in [0.1, 0.15) is 16.4 Å². The van der Waals surface area contributed by atoms with E-state index in [-0.39, 0.29) is 15.5 Å². The van der Waals surface area contributed by atoms with Crippen LogP contribution in [0.3, 0.4) is 0 Å². The Bertz CT molecular complexity index is 1410. The molecular weight excluding hydrogens is 455 g/mol. The molecule has 0 saturated carbocycles. The van der Waals surface area contributed by atoms with Crippen molar-refractivity contribution in [2.24, 2.45) is 0 Å². The summed E-state index contributed by atoms with van der Waals surface area (Å²) in [4.78, 5) is 43.7. The molecule has 0 radical (unpaired) electrons. The quantitative estimate of drug-likeness (QED) is 0.389. The first-order chi connectivity index (χ1) is 16.4. The fourth-order valence-corrected chi connectivity index (χ4v) is 4.56. The monoisotopic (exact) mass is 478 g/mol. The molecule has 0 aliphatic carbocycles. The van der Waals surface area contributed by atoms with Crippen LogP contribution in [0.25, 0.3) is 4.96 Å². The normalized spacial score (nSPS) is 10.9. The van der Waals surface area contributed by atoms with Gasteiger partial charge in [0.15, 0.2) is 4.96 Å². The first kappa shape index (κ1) is 23.3. The van der Waals surface area contributed by atoms with Crippen LogP contribution in [-0.2, 0) is 6.42 Å². The summed E-state index contributed by atoms with van der Waals surface area (Å²) in [5.41, 5.74) is 1.98. The van der Waals surface area contributed by atoms with E-state index in [1.165, 1.54) is 30.3 Å². The molecule has 0 spiro atoms. The highest BCUT2D eigenvalue weighted by Gasteiger charge is 2.26. The van der Waals surface area contributed by atoms with E-state index < -0.39 is 23.2 Å². The molecule has 2 heterocycles. The lowest BCUT2D eigenvalue weighted by Gasteiger charge is -2.09. The van der Waals surface area contributed by atoms with Crippen LogP contribution in [0.1, 0.15) is 51.2 Å². The number of amides is 2. The minimum Gasteiger partial charge on any atom is -0.321 e. The van der Waals surface area contributed by atoms with E-state index in [1.807, 2.05) is 12.1 Å². The summed E-state index contributed by atoms with van der Waals surface area (Å²) in [7, 11) is 0. The van der Waals surface area contributed by atoms with Crippen molar-refractivity contribution >= 4 is 39.5 Å². The molecule has 0 unspecified atom stereocenters. The van der Waals surface area contributed by atoms with Gasteiger partial charge in [-0.05, 0) is 61.7 Å². The van der Waals surface area contributed by atoms with E-state index in [4.69, 9.17) is 0 Å². The van der Waals surface area contributed by atoms with E-state index >= 15 is 0 Å².